The van der Waals surface area contributed by atoms with E-state index in [1.54, 1.807) is 0 Å². The van der Waals surface area contributed by atoms with Gasteiger partial charge in [-0.05, 0) is 22.6 Å². The minimum Gasteiger partial charge on any atom is -0.298 e. The summed E-state index contributed by atoms with van der Waals surface area (Å²) in [6.45, 7) is 6.09. The highest BCUT2D eigenvalue weighted by Gasteiger charge is 2.12. The molecule has 0 heterocycles. The summed E-state index contributed by atoms with van der Waals surface area (Å²) in [5, 5.41) is 7.13. The van der Waals surface area contributed by atoms with E-state index >= 15 is 0 Å². The molecule has 0 saturated heterocycles. The topological polar surface area (TPSA) is 23.9 Å². The molecule has 0 aliphatic heterocycles. The Morgan fingerprint density at radius 3 is 1.57 bits per heavy atom. The molecule has 0 aliphatic rings. The summed E-state index contributed by atoms with van der Waals surface area (Å²) in [5.74, 6) is 0. The Balaban J connectivity index is 3.79. The van der Waals surface area contributed by atoms with E-state index in [2.05, 4.69) is 0 Å². The molecule has 0 aromatic heterocycles. The first kappa shape index (κ1) is 7.40. The third-order valence-electron chi connectivity index (χ3n) is 0.658. The lowest BCUT2D eigenvalue weighted by Crippen LogP contribution is -2.11. The van der Waals surface area contributed by atoms with Crippen molar-refractivity contribution in [2.75, 3.05) is 0 Å². The highest BCUT2D eigenvalue weighted by Crippen LogP contribution is 2.18. The minimum absolute atomic E-state index is 0.0700. The van der Waals surface area contributed by atoms with Gasteiger partial charge in [0.2, 0.25) is 0 Å². The van der Waals surface area contributed by atoms with Crippen molar-refractivity contribution in [1.29, 1.82) is 5.41 Å². The van der Waals surface area contributed by atoms with Crippen molar-refractivity contribution < 1.29 is 0 Å². The van der Waals surface area contributed by atoms with Gasteiger partial charge in [-0.3, -0.25) is 5.41 Å². The zero-order chi connectivity index (χ0) is 6.08. The number of hydrogen-bond acceptors (Lipinski definition) is 1. The largest absolute Gasteiger partial charge is 0.298 e. The predicted octanol–water partition coefficient (Wildman–Crippen LogP) is 2.44. The van der Waals surface area contributed by atoms with E-state index in [9.17, 15) is 0 Å². The molecule has 0 radical (unpaired) electrons. The normalized spacial score (nSPS) is 11.4. The maximum absolute atomic E-state index is 7.13. The molecule has 0 rings (SSSR count). The fourth-order valence-electron chi connectivity index (χ4n) is 0. The summed E-state index contributed by atoms with van der Waals surface area (Å²) < 4.78 is 0.713. The Morgan fingerprint density at radius 2 is 1.57 bits per heavy atom. The van der Waals surface area contributed by atoms with Crippen LogP contribution in [0.25, 0.3) is 0 Å². The van der Waals surface area contributed by atoms with Crippen LogP contribution in [0.3, 0.4) is 0 Å². The number of halogens is 1. The summed E-state index contributed by atoms with van der Waals surface area (Å²) in [6.07, 6.45) is 0. The van der Waals surface area contributed by atoms with Gasteiger partial charge in [0.15, 0.2) is 0 Å². The molecule has 0 bridgehead atoms. The van der Waals surface area contributed by atoms with Crippen LogP contribution >= 0.6 is 22.6 Å². The molecular formula is C5H10IN. The fraction of sp³-hybridized carbons (Fsp3) is 0.800. The van der Waals surface area contributed by atoms with Gasteiger partial charge in [0.1, 0.15) is 0 Å². The van der Waals surface area contributed by atoms with E-state index in [-0.39, 0.29) is 5.41 Å². The third kappa shape index (κ3) is 3.02. The minimum atomic E-state index is 0.0700. The molecule has 0 saturated carbocycles. The van der Waals surface area contributed by atoms with E-state index in [4.69, 9.17) is 5.41 Å². The Bertz CT molecular complexity index is 80.6. The predicted molar refractivity (Wildman–Crippen MR) is 41.2 cm³/mol. The van der Waals surface area contributed by atoms with Gasteiger partial charge in [-0.2, -0.15) is 0 Å². The number of hydrogen-bond donors (Lipinski definition) is 1. The lowest BCUT2D eigenvalue weighted by Gasteiger charge is -2.13. The van der Waals surface area contributed by atoms with Crippen molar-refractivity contribution in [2.45, 2.75) is 20.8 Å². The van der Waals surface area contributed by atoms with Crippen molar-refractivity contribution in [2.24, 2.45) is 5.41 Å². The average Bonchev–Trinajstić information content (AvgIpc) is 1.31. The van der Waals surface area contributed by atoms with E-state index in [1.807, 2.05) is 43.4 Å². The first-order chi connectivity index (χ1) is 2.94. The van der Waals surface area contributed by atoms with Gasteiger partial charge in [0.05, 0.1) is 3.72 Å². The molecule has 0 amide bonds. The summed E-state index contributed by atoms with van der Waals surface area (Å²) in [4.78, 5) is 0. The number of nitrogens with one attached hydrogen (secondary N) is 1. The standard InChI is InChI=1S/C5H10IN/c1-5(2,3)4(6)7/h7H,1-3H3. The first-order valence-corrected chi connectivity index (χ1v) is 3.27. The lowest BCUT2D eigenvalue weighted by molar-refractivity contribution is 0.601. The molecule has 1 nitrogen and oxygen atoms in total. The van der Waals surface area contributed by atoms with Crippen LogP contribution in [0.1, 0.15) is 20.8 Å². The Kier molecular flexibility index (Phi) is 2.23. The highest BCUT2D eigenvalue weighted by atomic mass is 127. The highest BCUT2D eigenvalue weighted by molar-refractivity contribution is 14.1. The second-order valence-electron chi connectivity index (χ2n) is 2.56. The van der Waals surface area contributed by atoms with E-state index < -0.39 is 0 Å². The fourth-order valence-corrected chi connectivity index (χ4v) is 0. The van der Waals surface area contributed by atoms with E-state index in [1.165, 1.54) is 0 Å². The average molecular weight is 211 g/mol. The second kappa shape index (κ2) is 2.11. The zero-order valence-electron chi connectivity index (χ0n) is 4.88. The van der Waals surface area contributed by atoms with Crippen molar-refractivity contribution in [1.82, 2.24) is 0 Å². The SMILES string of the molecule is CC(C)(C)C(=N)I. The van der Waals surface area contributed by atoms with Crippen molar-refractivity contribution in [3.05, 3.63) is 0 Å². The van der Waals surface area contributed by atoms with Gasteiger partial charge in [-0.15, -0.1) is 0 Å². The van der Waals surface area contributed by atoms with Gasteiger partial charge >= 0.3 is 0 Å². The third-order valence-corrected chi connectivity index (χ3v) is 2.28. The first-order valence-electron chi connectivity index (χ1n) is 2.19. The van der Waals surface area contributed by atoms with Gasteiger partial charge in [0, 0.05) is 5.41 Å². The Morgan fingerprint density at radius 1 is 1.43 bits per heavy atom. The van der Waals surface area contributed by atoms with Gasteiger partial charge in [-0.1, -0.05) is 20.8 Å². The quantitative estimate of drug-likeness (QED) is 0.470. The smallest absolute Gasteiger partial charge is 0.0747 e. The molecule has 1 N–H and O–H groups in total. The van der Waals surface area contributed by atoms with Crippen LogP contribution in [0, 0.1) is 10.8 Å². The van der Waals surface area contributed by atoms with Crippen molar-refractivity contribution >= 4 is 26.3 Å². The van der Waals surface area contributed by atoms with Crippen LogP contribution in [0.4, 0.5) is 0 Å². The van der Waals surface area contributed by atoms with Crippen molar-refractivity contribution in [3.8, 4) is 0 Å². The molecule has 7 heavy (non-hydrogen) atoms. The Labute approximate surface area is 58.1 Å². The van der Waals surface area contributed by atoms with Crippen LogP contribution in [0.2, 0.25) is 0 Å². The molecule has 0 aromatic carbocycles. The molecule has 0 spiro atoms. The van der Waals surface area contributed by atoms with Crippen LogP contribution in [0.15, 0.2) is 0 Å². The molecular weight excluding hydrogens is 201 g/mol. The molecule has 42 valence electrons. The van der Waals surface area contributed by atoms with Crippen LogP contribution in [-0.4, -0.2) is 3.72 Å². The molecule has 0 fully saturated rings. The molecule has 0 atom stereocenters. The van der Waals surface area contributed by atoms with Crippen molar-refractivity contribution in [3.63, 3.8) is 0 Å². The molecule has 0 unspecified atom stereocenters. The lowest BCUT2D eigenvalue weighted by atomic mass is 9.99. The molecule has 0 aliphatic carbocycles. The summed E-state index contributed by atoms with van der Waals surface area (Å²) in [6, 6.07) is 0. The van der Waals surface area contributed by atoms with Gasteiger partial charge in [0.25, 0.3) is 0 Å². The second-order valence-corrected chi connectivity index (χ2v) is 3.64. The Hall–Kier alpha value is 0.400. The molecule has 0 aromatic rings. The monoisotopic (exact) mass is 211 g/mol. The van der Waals surface area contributed by atoms with Crippen LogP contribution in [-0.2, 0) is 0 Å². The maximum Gasteiger partial charge on any atom is 0.0747 e. The number of rotatable bonds is 0. The van der Waals surface area contributed by atoms with Crippen LogP contribution < -0.4 is 0 Å². The van der Waals surface area contributed by atoms with E-state index in [0.29, 0.717) is 3.72 Å². The molecule has 2 heteroatoms. The van der Waals surface area contributed by atoms with Crippen LogP contribution in [0.5, 0.6) is 0 Å². The van der Waals surface area contributed by atoms with Gasteiger partial charge < -0.3 is 0 Å². The zero-order valence-corrected chi connectivity index (χ0v) is 7.04. The maximum atomic E-state index is 7.13. The van der Waals surface area contributed by atoms with E-state index in [0.717, 1.165) is 0 Å². The summed E-state index contributed by atoms with van der Waals surface area (Å²) in [7, 11) is 0. The summed E-state index contributed by atoms with van der Waals surface area (Å²) >= 11 is 2.03. The van der Waals surface area contributed by atoms with Gasteiger partial charge in [-0.25, -0.2) is 0 Å². The summed E-state index contributed by atoms with van der Waals surface area (Å²) in [5.41, 5.74) is 0.0700.